The number of carbonyl (C=O) groups is 1. The van der Waals surface area contributed by atoms with Gasteiger partial charge in [0, 0.05) is 49.5 Å². The lowest BCUT2D eigenvalue weighted by Crippen LogP contribution is -2.23. The number of aromatic nitrogens is 4. The lowest BCUT2D eigenvalue weighted by atomic mass is 10.2. The van der Waals surface area contributed by atoms with Crippen molar-refractivity contribution in [2.45, 2.75) is 13.2 Å². The van der Waals surface area contributed by atoms with E-state index in [0.29, 0.717) is 6.54 Å². The predicted molar refractivity (Wildman–Crippen MR) is 87.7 cm³/mol. The van der Waals surface area contributed by atoms with E-state index >= 15 is 0 Å². The van der Waals surface area contributed by atoms with E-state index in [-0.39, 0.29) is 6.61 Å². The van der Waals surface area contributed by atoms with Crippen LogP contribution in [0.4, 0.5) is 4.79 Å². The molecule has 0 aliphatic heterocycles. The smallest absolute Gasteiger partial charge is 0.407 e. The van der Waals surface area contributed by atoms with E-state index in [9.17, 15) is 4.79 Å². The van der Waals surface area contributed by atoms with Crippen molar-refractivity contribution in [2.24, 2.45) is 7.05 Å². The number of hydrogen-bond acceptors (Lipinski definition) is 5. The molecular weight excluding hydrogens is 306 g/mol. The summed E-state index contributed by atoms with van der Waals surface area (Å²) in [5.41, 5.74) is 3.52. The molecule has 3 rings (SSSR count). The van der Waals surface area contributed by atoms with E-state index in [1.165, 1.54) is 0 Å². The maximum absolute atomic E-state index is 11.7. The lowest BCUT2D eigenvalue weighted by Gasteiger charge is -2.07. The molecule has 122 valence electrons. The summed E-state index contributed by atoms with van der Waals surface area (Å²) in [5, 5.41) is 6.81. The summed E-state index contributed by atoms with van der Waals surface area (Å²) in [5.74, 6) is 0. The van der Waals surface area contributed by atoms with E-state index < -0.39 is 6.09 Å². The van der Waals surface area contributed by atoms with Crippen LogP contribution < -0.4 is 5.32 Å². The molecule has 7 nitrogen and oxygen atoms in total. The molecule has 1 amide bonds. The molecule has 0 bridgehead atoms. The summed E-state index contributed by atoms with van der Waals surface area (Å²) >= 11 is 0. The molecule has 1 N–H and O–H groups in total. The first-order chi connectivity index (χ1) is 11.7. The molecule has 0 radical (unpaired) electrons. The second-order valence-corrected chi connectivity index (χ2v) is 5.25. The van der Waals surface area contributed by atoms with Gasteiger partial charge in [0.05, 0.1) is 11.9 Å². The zero-order valence-corrected chi connectivity index (χ0v) is 13.2. The van der Waals surface area contributed by atoms with E-state index in [1.807, 2.05) is 31.4 Å². The minimum absolute atomic E-state index is 0.192. The van der Waals surface area contributed by atoms with Gasteiger partial charge in [0.1, 0.15) is 6.61 Å². The highest BCUT2D eigenvalue weighted by Crippen LogP contribution is 2.15. The number of aryl methyl sites for hydroxylation is 1. The van der Waals surface area contributed by atoms with Gasteiger partial charge in [-0.15, -0.1) is 0 Å². The molecule has 24 heavy (non-hydrogen) atoms. The zero-order chi connectivity index (χ0) is 16.8. The first-order valence-electron chi connectivity index (χ1n) is 7.44. The third-order valence-electron chi connectivity index (χ3n) is 3.35. The Morgan fingerprint density at radius 2 is 2.12 bits per heavy atom. The summed E-state index contributed by atoms with van der Waals surface area (Å²) < 4.78 is 6.85. The zero-order valence-electron chi connectivity index (χ0n) is 13.2. The first-order valence-corrected chi connectivity index (χ1v) is 7.44. The highest BCUT2D eigenvalue weighted by molar-refractivity contribution is 5.67. The Labute approximate surface area is 139 Å². The number of nitrogens with one attached hydrogen (secondary N) is 1. The number of alkyl carbamates (subject to hydrolysis) is 1. The van der Waals surface area contributed by atoms with Crippen LogP contribution >= 0.6 is 0 Å². The van der Waals surface area contributed by atoms with Crippen molar-refractivity contribution >= 4 is 6.09 Å². The molecule has 0 atom stereocenters. The van der Waals surface area contributed by atoms with Gasteiger partial charge in [-0.05, 0) is 17.7 Å². The molecule has 0 spiro atoms. The molecule has 0 aliphatic rings. The number of amides is 1. The highest BCUT2D eigenvalue weighted by Gasteiger charge is 2.05. The third-order valence-corrected chi connectivity index (χ3v) is 3.35. The first kappa shape index (κ1) is 15.7. The average molecular weight is 323 g/mol. The number of pyridine rings is 2. The molecule has 0 fully saturated rings. The molecule has 0 aromatic carbocycles. The van der Waals surface area contributed by atoms with Gasteiger partial charge < -0.3 is 10.1 Å². The molecule has 3 aromatic rings. The van der Waals surface area contributed by atoms with Gasteiger partial charge in [0.15, 0.2) is 0 Å². The molecule has 0 unspecified atom stereocenters. The van der Waals surface area contributed by atoms with Crippen molar-refractivity contribution in [3.8, 4) is 11.3 Å². The Bertz CT molecular complexity index is 799. The molecule has 0 saturated carbocycles. The third kappa shape index (κ3) is 4.16. The molecule has 0 saturated heterocycles. The standard InChI is InChI=1S/C17H17N5O2/c1-22-11-15(10-21-22)16-5-4-13(8-19-16)9-20-17(23)24-12-14-3-2-6-18-7-14/h2-8,10-11H,9,12H2,1H3,(H,20,23). The summed E-state index contributed by atoms with van der Waals surface area (Å²) in [6.45, 7) is 0.546. The largest absolute Gasteiger partial charge is 0.445 e. The Balaban J connectivity index is 1.48. The lowest BCUT2D eigenvalue weighted by molar-refractivity contribution is 0.139. The minimum Gasteiger partial charge on any atom is -0.445 e. The normalized spacial score (nSPS) is 10.4. The molecule has 3 heterocycles. The van der Waals surface area contributed by atoms with Crippen LogP contribution in [0.2, 0.25) is 0 Å². The second-order valence-electron chi connectivity index (χ2n) is 5.25. The summed E-state index contributed by atoms with van der Waals surface area (Å²) in [6, 6.07) is 7.46. The monoisotopic (exact) mass is 323 g/mol. The number of carbonyl (C=O) groups excluding carboxylic acids is 1. The van der Waals surface area contributed by atoms with Crippen LogP contribution in [0.1, 0.15) is 11.1 Å². The number of hydrogen-bond donors (Lipinski definition) is 1. The predicted octanol–water partition coefficient (Wildman–Crippen LogP) is 2.30. The van der Waals surface area contributed by atoms with E-state index in [1.54, 1.807) is 35.5 Å². The number of ether oxygens (including phenoxy) is 1. The van der Waals surface area contributed by atoms with Gasteiger partial charge in [0.2, 0.25) is 0 Å². The average Bonchev–Trinajstić information content (AvgIpc) is 3.06. The van der Waals surface area contributed by atoms with E-state index in [4.69, 9.17) is 4.74 Å². The number of rotatable bonds is 5. The van der Waals surface area contributed by atoms with Crippen LogP contribution in [-0.2, 0) is 24.9 Å². The maximum atomic E-state index is 11.7. The van der Waals surface area contributed by atoms with Crippen molar-refractivity contribution < 1.29 is 9.53 Å². The van der Waals surface area contributed by atoms with E-state index in [0.717, 1.165) is 22.4 Å². The Morgan fingerprint density at radius 3 is 2.79 bits per heavy atom. The van der Waals surface area contributed by atoms with Gasteiger partial charge in [-0.3, -0.25) is 14.6 Å². The summed E-state index contributed by atoms with van der Waals surface area (Å²) in [7, 11) is 1.86. The topological polar surface area (TPSA) is 81.9 Å². The fraction of sp³-hybridized carbons (Fsp3) is 0.176. The molecule has 0 aliphatic carbocycles. The summed E-state index contributed by atoms with van der Waals surface area (Å²) in [6.07, 6.45) is 8.24. The van der Waals surface area contributed by atoms with Crippen LogP contribution in [0.15, 0.2) is 55.2 Å². The van der Waals surface area contributed by atoms with Crippen LogP contribution in [0.25, 0.3) is 11.3 Å². The van der Waals surface area contributed by atoms with Crippen LogP contribution in [0.5, 0.6) is 0 Å². The highest BCUT2D eigenvalue weighted by atomic mass is 16.5. The number of nitrogens with zero attached hydrogens (tertiary/aromatic N) is 4. The second kappa shape index (κ2) is 7.36. The quantitative estimate of drug-likeness (QED) is 0.779. The van der Waals surface area contributed by atoms with Gasteiger partial charge in [-0.2, -0.15) is 5.10 Å². The van der Waals surface area contributed by atoms with Crippen molar-refractivity contribution in [3.63, 3.8) is 0 Å². The molecular formula is C17H17N5O2. The van der Waals surface area contributed by atoms with Crippen molar-refractivity contribution in [1.29, 1.82) is 0 Å². The van der Waals surface area contributed by atoms with Gasteiger partial charge in [-0.1, -0.05) is 12.1 Å². The fourth-order valence-electron chi connectivity index (χ4n) is 2.11. The van der Waals surface area contributed by atoms with Crippen LogP contribution in [0, 0.1) is 0 Å². The van der Waals surface area contributed by atoms with Crippen molar-refractivity contribution in [3.05, 3.63) is 66.4 Å². The van der Waals surface area contributed by atoms with E-state index in [2.05, 4.69) is 20.4 Å². The molecule has 3 aromatic heterocycles. The summed E-state index contributed by atoms with van der Waals surface area (Å²) in [4.78, 5) is 20.0. The van der Waals surface area contributed by atoms with Gasteiger partial charge >= 0.3 is 6.09 Å². The molecule has 7 heteroatoms. The minimum atomic E-state index is -0.477. The van der Waals surface area contributed by atoms with Gasteiger partial charge in [-0.25, -0.2) is 4.79 Å². The van der Waals surface area contributed by atoms with Crippen LogP contribution in [0.3, 0.4) is 0 Å². The Hall–Kier alpha value is -3.22. The van der Waals surface area contributed by atoms with Gasteiger partial charge in [0.25, 0.3) is 0 Å². The van der Waals surface area contributed by atoms with Crippen LogP contribution in [-0.4, -0.2) is 25.8 Å². The Kier molecular flexibility index (Phi) is 4.81. The maximum Gasteiger partial charge on any atom is 0.407 e. The van der Waals surface area contributed by atoms with Crippen molar-refractivity contribution in [2.75, 3.05) is 0 Å². The fourth-order valence-corrected chi connectivity index (χ4v) is 2.11. The SMILES string of the molecule is Cn1cc(-c2ccc(CNC(=O)OCc3cccnc3)cn2)cn1. The van der Waals surface area contributed by atoms with Crippen molar-refractivity contribution in [1.82, 2.24) is 25.1 Å². The Morgan fingerprint density at radius 1 is 1.21 bits per heavy atom.